The molecular weight excluding hydrogens is 300 g/mol. The molecule has 104 valence electrons. The average molecular weight is 323 g/mol. The molecule has 0 amide bonds. The van der Waals surface area contributed by atoms with E-state index >= 15 is 0 Å². The molecule has 2 aliphatic heterocycles. The highest BCUT2D eigenvalue weighted by molar-refractivity contribution is 9.10. The van der Waals surface area contributed by atoms with E-state index in [4.69, 9.17) is 0 Å². The van der Waals surface area contributed by atoms with Gasteiger partial charge in [-0.2, -0.15) is 0 Å². The number of halogens is 1. The normalized spacial score (nSPS) is 21.4. The van der Waals surface area contributed by atoms with E-state index in [9.17, 15) is 0 Å². The summed E-state index contributed by atoms with van der Waals surface area (Å²) in [4.78, 5) is 2.67. The summed E-state index contributed by atoms with van der Waals surface area (Å²) in [6.45, 7) is 8.33. The molecule has 2 heterocycles. The van der Waals surface area contributed by atoms with Crippen molar-refractivity contribution in [1.82, 2.24) is 10.2 Å². The van der Waals surface area contributed by atoms with Gasteiger partial charge in [0.2, 0.25) is 0 Å². The van der Waals surface area contributed by atoms with Crippen LogP contribution in [-0.4, -0.2) is 31.1 Å². The third-order valence-corrected chi connectivity index (χ3v) is 5.04. The molecule has 3 rings (SSSR count). The summed E-state index contributed by atoms with van der Waals surface area (Å²) < 4.78 is 1.23. The fraction of sp³-hybridized carbons (Fsp3) is 0.625. The average Bonchev–Trinajstić information content (AvgIpc) is 2.40. The lowest BCUT2D eigenvalue weighted by Gasteiger charge is -2.34. The highest BCUT2D eigenvalue weighted by Gasteiger charge is 2.22. The standard InChI is InChI=1S/C16H23BrN2/c1-12-8-15(17)9-14-4-7-19(11-16(12)14)10-13-2-5-18-6-3-13/h8-9,13,18H,2-7,10-11H2,1H3. The van der Waals surface area contributed by atoms with Gasteiger partial charge >= 0.3 is 0 Å². The van der Waals surface area contributed by atoms with Crippen molar-refractivity contribution in [3.05, 3.63) is 33.3 Å². The molecule has 1 aromatic carbocycles. The van der Waals surface area contributed by atoms with Gasteiger partial charge in [-0.15, -0.1) is 0 Å². The summed E-state index contributed by atoms with van der Waals surface area (Å²) in [5.41, 5.74) is 4.57. The van der Waals surface area contributed by atoms with Crippen LogP contribution < -0.4 is 5.32 Å². The van der Waals surface area contributed by atoms with Gasteiger partial charge in [-0.1, -0.05) is 15.9 Å². The van der Waals surface area contributed by atoms with E-state index in [1.54, 1.807) is 11.1 Å². The number of nitrogens with one attached hydrogen (secondary N) is 1. The van der Waals surface area contributed by atoms with Gasteiger partial charge in [0.1, 0.15) is 0 Å². The first kappa shape index (κ1) is 13.6. The van der Waals surface area contributed by atoms with Crippen LogP contribution in [0.2, 0.25) is 0 Å². The largest absolute Gasteiger partial charge is 0.317 e. The molecule has 0 saturated carbocycles. The molecule has 1 N–H and O–H groups in total. The minimum Gasteiger partial charge on any atom is -0.317 e. The number of fused-ring (bicyclic) bond motifs is 1. The molecule has 19 heavy (non-hydrogen) atoms. The van der Waals surface area contributed by atoms with Gasteiger partial charge in [0.05, 0.1) is 0 Å². The Bertz CT molecular complexity index is 452. The van der Waals surface area contributed by atoms with Crippen molar-refractivity contribution in [2.45, 2.75) is 32.7 Å². The maximum absolute atomic E-state index is 3.62. The zero-order valence-electron chi connectivity index (χ0n) is 11.7. The molecule has 3 heteroatoms. The predicted octanol–water partition coefficient (Wildman–Crippen LogP) is 3.12. The Morgan fingerprint density at radius 2 is 2.11 bits per heavy atom. The second-order valence-electron chi connectivity index (χ2n) is 6.04. The van der Waals surface area contributed by atoms with Gasteiger partial charge in [-0.3, -0.25) is 4.90 Å². The lowest BCUT2D eigenvalue weighted by Crippen LogP contribution is -2.38. The van der Waals surface area contributed by atoms with Crippen molar-refractivity contribution in [3.63, 3.8) is 0 Å². The molecule has 1 saturated heterocycles. The van der Waals surface area contributed by atoms with Crippen LogP contribution in [0.1, 0.15) is 29.5 Å². The molecule has 0 atom stereocenters. The van der Waals surface area contributed by atoms with E-state index in [0.717, 1.165) is 12.5 Å². The smallest absolute Gasteiger partial charge is 0.0239 e. The zero-order valence-corrected chi connectivity index (χ0v) is 13.3. The van der Waals surface area contributed by atoms with Crippen molar-refractivity contribution >= 4 is 15.9 Å². The van der Waals surface area contributed by atoms with Crippen molar-refractivity contribution in [3.8, 4) is 0 Å². The van der Waals surface area contributed by atoms with Crippen LogP contribution in [0.15, 0.2) is 16.6 Å². The minimum atomic E-state index is 0.901. The zero-order chi connectivity index (χ0) is 13.2. The Kier molecular flexibility index (Phi) is 4.25. The molecular formula is C16H23BrN2. The van der Waals surface area contributed by atoms with Crippen LogP contribution in [0, 0.1) is 12.8 Å². The Morgan fingerprint density at radius 3 is 2.89 bits per heavy atom. The van der Waals surface area contributed by atoms with Crippen LogP contribution in [0.3, 0.4) is 0 Å². The number of nitrogens with zero attached hydrogens (tertiary/aromatic N) is 1. The molecule has 0 bridgehead atoms. The van der Waals surface area contributed by atoms with Crippen molar-refractivity contribution in [1.29, 1.82) is 0 Å². The van der Waals surface area contributed by atoms with Crippen LogP contribution in [-0.2, 0) is 13.0 Å². The lowest BCUT2D eigenvalue weighted by atomic mass is 9.93. The molecule has 0 unspecified atom stereocenters. The summed E-state index contributed by atoms with van der Waals surface area (Å²) in [6.07, 6.45) is 3.91. The minimum absolute atomic E-state index is 0.901. The summed E-state index contributed by atoms with van der Waals surface area (Å²) in [5.74, 6) is 0.901. The van der Waals surface area contributed by atoms with Gasteiger partial charge in [0.15, 0.2) is 0 Å². The maximum atomic E-state index is 3.62. The third-order valence-electron chi connectivity index (χ3n) is 4.58. The Morgan fingerprint density at radius 1 is 1.32 bits per heavy atom. The first-order valence-electron chi connectivity index (χ1n) is 7.43. The summed E-state index contributed by atoms with van der Waals surface area (Å²) >= 11 is 3.62. The van der Waals surface area contributed by atoms with Crippen LogP contribution in [0.4, 0.5) is 0 Å². The van der Waals surface area contributed by atoms with Crippen LogP contribution in [0.25, 0.3) is 0 Å². The summed E-state index contributed by atoms with van der Waals surface area (Å²) in [6, 6.07) is 4.57. The fourth-order valence-electron chi connectivity index (χ4n) is 3.46. The molecule has 2 aliphatic rings. The van der Waals surface area contributed by atoms with Crippen LogP contribution in [0.5, 0.6) is 0 Å². The molecule has 0 aliphatic carbocycles. The maximum Gasteiger partial charge on any atom is 0.0239 e. The number of piperidine rings is 1. The van der Waals surface area contributed by atoms with E-state index in [0.29, 0.717) is 0 Å². The van der Waals surface area contributed by atoms with Crippen molar-refractivity contribution in [2.24, 2.45) is 5.92 Å². The lowest BCUT2D eigenvalue weighted by molar-refractivity contribution is 0.191. The van der Waals surface area contributed by atoms with Gasteiger partial charge in [-0.25, -0.2) is 0 Å². The Balaban J connectivity index is 1.68. The number of hydrogen-bond donors (Lipinski definition) is 1. The van der Waals surface area contributed by atoms with Gasteiger partial charge in [0.25, 0.3) is 0 Å². The second-order valence-corrected chi connectivity index (χ2v) is 6.95. The monoisotopic (exact) mass is 322 g/mol. The predicted molar refractivity (Wildman–Crippen MR) is 83.5 cm³/mol. The fourth-order valence-corrected chi connectivity index (χ4v) is 4.08. The molecule has 1 aromatic rings. The number of rotatable bonds is 2. The van der Waals surface area contributed by atoms with E-state index < -0.39 is 0 Å². The van der Waals surface area contributed by atoms with E-state index in [2.05, 4.69) is 45.2 Å². The summed E-state index contributed by atoms with van der Waals surface area (Å²) in [5, 5.41) is 3.46. The molecule has 0 aromatic heterocycles. The van der Waals surface area contributed by atoms with E-state index in [1.165, 1.54) is 55.5 Å². The van der Waals surface area contributed by atoms with E-state index in [-0.39, 0.29) is 0 Å². The second kappa shape index (κ2) is 5.94. The first-order valence-corrected chi connectivity index (χ1v) is 8.22. The molecule has 0 spiro atoms. The van der Waals surface area contributed by atoms with Gasteiger partial charge in [-0.05, 0) is 74.0 Å². The first-order chi connectivity index (χ1) is 9.22. The highest BCUT2D eigenvalue weighted by Crippen LogP contribution is 2.27. The molecule has 2 nitrogen and oxygen atoms in total. The van der Waals surface area contributed by atoms with Crippen molar-refractivity contribution in [2.75, 3.05) is 26.2 Å². The number of aryl methyl sites for hydroxylation is 1. The Hall–Kier alpha value is -0.380. The topological polar surface area (TPSA) is 15.3 Å². The molecule has 1 fully saturated rings. The number of hydrogen-bond acceptors (Lipinski definition) is 2. The van der Waals surface area contributed by atoms with Gasteiger partial charge < -0.3 is 5.32 Å². The third kappa shape index (κ3) is 3.21. The van der Waals surface area contributed by atoms with Crippen molar-refractivity contribution < 1.29 is 0 Å². The van der Waals surface area contributed by atoms with Crippen LogP contribution >= 0.6 is 15.9 Å². The van der Waals surface area contributed by atoms with E-state index in [1.807, 2.05) is 0 Å². The summed E-state index contributed by atoms with van der Waals surface area (Å²) in [7, 11) is 0. The molecule has 0 radical (unpaired) electrons. The highest BCUT2D eigenvalue weighted by atomic mass is 79.9. The Labute approximate surface area is 124 Å². The van der Waals surface area contributed by atoms with Gasteiger partial charge in [0, 0.05) is 24.1 Å². The SMILES string of the molecule is Cc1cc(Br)cc2c1CN(CC1CCNCC1)CC2. The number of benzene rings is 1. The quantitative estimate of drug-likeness (QED) is 0.900.